The number of anilines is 1. The zero-order valence-electron chi connectivity index (χ0n) is 19.2. The molecule has 9 heteroatoms. The Kier molecular flexibility index (Phi) is 5.97. The van der Waals surface area contributed by atoms with Crippen LogP contribution < -0.4 is 10.3 Å². The Labute approximate surface area is 198 Å². The molecule has 180 valence electrons. The Morgan fingerprint density at radius 2 is 1.94 bits per heavy atom. The Morgan fingerprint density at radius 3 is 2.65 bits per heavy atom. The van der Waals surface area contributed by atoms with Crippen molar-refractivity contribution in [2.45, 2.75) is 62.3 Å². The van der Waals surface area contributed by atoms with E-state index in [0.29, 0.717) is 29.9 Å². The molecule has 2 heterocycles. The molecule has 5 rings (SSSR count). The number of sulfonamides is 1. The van der Waals surface area contributed by atoms with E-state index in [-0.39, 0.29) is 22.6 Å². The summed E-state index contributed by atoms with van der Waals surface area (Å²) in [6.07, 6.45) is 10.0. The molecule has 2 aromatic heterocycles. The van der Waals surface area contributed by atoms with Crippen LogP contribution in [-0.4, -0.2) is 23.1 Å². The average molecular weight is 484 g/mol. The molecule has 1 atom stereocenters. The minimum Gasteiger partial charge on any atom is -0.507 e. The van der Waals surface area contributed by atoms with Gasteiger partial charge in [-0.2, -0.15) is 8.42 Å². The predicted molar refractivity (Wildman–Crippen MR) is 128 cm³/mol. The molecular weight excluding hydrogens is 454 g/mol. The van der Waals surface area contributed by atoms with Crippen LogP contribution in [0.4, 0.5) is 5.69 Å². The summed E-state index contributed by atoms with van der Waals surface area (Å²) in [5.41, 5.74) is 1.73. The van der Waals surface area contributed by atoms with Crippen LogP contribution in [0.25, 0.3) is 0 Å². The van der Waals surface area contributed by atoms with Gasteiger partial charge in [0.25, 0.3) is 10.0 Å². The largest absolute Gasteiger partial charge is 0.507 e. The molecule has 2 aliphatic carbocycles. The summed E-state index contributed by atoms with van der Waals surface area (Å²) in [5.74, 6) is 0.515. The lowest BCUT2D eigenvalue weighted by Gasteiger charge is -2.22. The lowest BCUT2D eigenvalue weighted by molar-refractivity contribution is 0.382. The molecule has 8 nitrogen and oxygen atoms in total. The Morgan fingerprint density at radius 1 is 1.18 bits per heavy atom. The molecule has 2 N–H and O–H groups in total. The highest BCUT2D eigenvalue weighted by atomic mass is 32.2. The molecule has 3 aromatic rings. The fourth-order valence-electron chi connectivity index (χ4n) is 5.01. The van der Waals surface area contributed by atoms with Gasteiger partial charge in [0.15, 0.2) is 5.03 Å². The first kappa shape index (κ1) is 22.7. The summed E-state index contributed by atoms with van der Waals surface area (Å²) < 4.78 is 35.5. The Bertz CT molecular complexity index is 1370. The summed E-state index contributed by atoms with van der Waals surface area (Å²) in [4.78, 5) is 17.0. The average Bonchev–Trinajstić information content (AvgIpc) is 3.51. The highest BCUT2D eigenvalue weighted by molar-refractivity contribution is 7.92. The summed E-state index contributed by atoms with van der Waals surface area (Å²) in [6.45, 7) is 0. The van der Waals surface area contributed by atoms with Gasteiger partial charge in [-0.25, -0.2) is 9.78 Å². The molecule has 0 amide bonds. The van der Waals surface area contributed by atoms with Crippen molar-refractivity contribution in [2.24, 2.45) is 13.0 Å². The zero-order chi connectivity index (χ0) is 23.9. The van der Waals surface area contributed by atoms with Crippen molar-refractivity contribution in [3.63, 3.8) is 0 Å². The number of benzene rings is 1. The fourth-order valence-corrected chi connectivity index (χ4v) is 6.17. The van der Waals surface area contributed by atoms with E-state index in [0.717, 1.165) is 49.7 Å². The lowest BCUT2D eigenvalue weighted by Crippen LogP contribution is -2.19. The number of hydrogen-bond acceptors (Lipinski definition) is 6. The monoisotopic (exact) mass is 483 g/mol. The second-order valence-electron chi connectivity index (χ2n) is 9.36. The molecule has 0 aliphatic heterocycles. The lowest BCUT2D eigenvalue weighted by atomic mass is 9.85. The summed E-state index contributed by atoms with van der Waals surface area (Å²) in [7, 11) is -2.21. The maximum Gasteiger partial charge on any atom is 0.343 e. The van der Waals surface area contributed by atoms with Crippen molar-refractivity contribution in [3.8, 4) is 5.75 Å². The molecule has 1 saturated carbocycles. The van der Waals surface area contributed by atoms with Gasteiger partial charge in [-0.3, -0.25) is 4.72 Å². The SMILES string of the molecule is Cn1cncc1S(=O)(=O)Nc1cccc(C(c2c(O)c3c(oc2=O)CCCCCC3)C2CC2)c1. The van der Waals surface area contributed by atoms with Gasteiger partial charge >= 0.3 is 5.63 Å². The number of imidazole rings is 1. The number of nitrogens with zero attached hydrogens (tertiary/aromatic N) is 2. The van der Waals surface area contributed by atoms with E-state index in [1.54, 1.807) is 25.2 Å². The quantitative estimate of drug-likeness (QED) is 0.546. The summed E-state index contributed by atoms with van der Waals surface area (Å²) in [6, 6.07) is 7.05. The topological polar surface area (TPSA) is 114 Å². The van der Waals surface area contributed by atoms with E-state index in [4.69, 9.17) is 4.42 Å². The van der Waals surface area contributed by atoms with Gasteiger partial charge < -0.3 is 14.1 Å². The minimum absolute atomic E-state index is 0.0524. The molecule has 1 unspecified atom stereocenters. The fraction of sp³-hybridized carbons (Fsp3) is 0.440. The van der Waals surface area contributed by atoms with Crippen LogP contribution in [0.2, 0.25) is 0 Å². The first-order valence-corrected chi connectivity index (χ1v) is 13.3. The minimum atomic E-state index is -3.83. The third-order valence-corrected chi connectivity index (χ3v) is 8.29. The van der Waals surface area contributed by atoms with Gasteiger partial charge in [0.2, 0.25) is 0 Å². The van der Waals surface area contributed by atoms with Crippen molar-refractivity contribution in [3.05, 3.63) is 69.7 Å². The smallest absolute Gasteiger partial charge is 0.343 e. The molecule has 1 fully saturated rings. The molecular formula is C25H29N3O5S. The number of nitrogens with one attached hydrogen (secondary N) is 1. The van der Waals surface area contributed by atoms with E-state index >= 15 is 0 Å². The van der Waals surface area contributed by atoms with Crippen molar-refractivity contribution in [1.29, 1.82) is 0 Å². The van der Waals surface area contributed by atoms with E-state index in [1.807, 2.05) is 6.07 Å². The highest BCUT2D eigenvalue weighted by Gasteiger charge is 2.38. The van der Waals surface area contributed by atoms with Gasteiger partial charge in [0.05, 0.1) is 18.1 Å². The summed E-state index contributed by atoms with van der Waals surface area (Å²) in [5, 5.41) is 11.3. The molecule has 2 aliphatic rings. The van der Waals surface area contributed by atoms with E-state index in [9.17, 15) is 18.3 Å². The van der Waals surface area contributed by atoms with Crippen LogP contribution in [0.5, 0.6) is 5.75 Å². The molecule has 0 spiro atoms. The van der Waals surface area contributed by atoms with E-state index in [1.165, 1.54) is 17.1 Å². The van der Waals surface area contributed by atoms with Gasteiger partial charge in [-0.05, 0) is 55.7 Å². The van der Waals surface area contributed by atoms with Gasteiger partial charge in [0.1, 0.15) is 11.5 Å². The highest BCUT2D eigenvalue weighted by Crippen LogP contribution is 2.49. The van der Waals surface area contributed by atoms with Crippen LogP contribution >= 0.6 is 0 Å². The van der Waals surface area contributed by atoms with Crippen LogP contribution in [0, 0.1) is 5.92 Å². The van der Waals surface area contributed by atoms with Crippen LogP contribution in [0.1, 0.15) is 66.9 Å². The Balaban J connectivity index is 1.54. The van der Waals surface area contributed by atoms with Gasteiger partial charge in [-0.15, -0.1) is 0 Å². The van der Waals surface area contributed by atoms with Crippen LogP contribution in [0.15, 0.2) is 51.0 Å². The molecule has 0 radical (unpaired) electrons. The number of aromatic nitrogens is 2. The second-order valence-corrected chi connectivity index (χ2v) is 11.0. The van der Waals surface area contributed by atoms with Gasteiger partial charge in [0, 0.05) is 30.6 Å². The maximum atomic E-state index is 13.1. The van der Waals surface area contributed by atoms with E-state index < -0.39 is 15.6 Å². The molecule has 0 bridgehead atoms. The van der Waals surface area contributed by atoms with Crippen molar-refractivity contribution in [1.82, 2.24) is 9.55 Å². The number of rotatable bonds is 6. The first-order valence-electron chi connectivity index (χ1n) is 11.8. The van der Waals surface area contributed by atoms with Crippen molar-refractivity contribution >= 4 is 15.7 Å². The number of aromatic hydroxyl groups is 1. The summed E-state index contributed by atoms with van der Waals surface area (Å²) >= 11 is 0. The second kappa shape index (κ2) is 8.94. The number of fused-ring (bicyclic) bond motifs is 1. The van der Waals surface area contributed by atoms with E-state index in [2.05, 4.69) is 9.71 Å². The molecule has 0 saturated heterocycles. The van der Waals surface area contributed by atoms with Crippen molar-refractivity contribution < 1.29 is 17.9 Å². The Hall–Kier alpha value is -3.07. The number of hydrogen-bond donors (Lipinski definition) is 2. The van der Waals surface area contributed by atoms with Gasteiger partial charge in [-0.1, -0.05) is 25.0 Å². The number of aryl methyl sites for hydroxylation is 2. The standard InChI is InChI=1S/C25H29N3O5S/c1-28-15-26-14-21(28)34(31,32)27-18-8-6-7-17(13-18)22(16-11-12-16)23-24(29)19-9-4-2-3-5-10-20(19)33-25(23)30/h6-8,13-16,22,27,29H,2-5,9-12H2,1H3. The first-order chi connectivity index (χ1) is 16.3. The predicted octanol–water partition coefficient (Wildman–Crippen LogP) is 4.08. The third kappa shape index (κ3) is 4.36. The van der Waals surface area contributed by atoms with Crippen LogP contribution in [-0.2, 0) is 29.9 Å². The maximum absolute atomic E-state index is 13.1. The van der Waals surface area contributed by atoms with Crippen molar-refractivity contribution in [2.75, 3.05) is 4.72 Å². The van der Waals surface area contributed by atoms with Crippen LogP contribution in [0.3, 0.4) is 0 Å². The molecule has 34 heavy (non-hydrogen) atoms. The molecule has 1 aromatic carbocycles. The zero-order valence-corrected chi connectivity index (χ0v) is 20.0. The third-order valence-electron chi connectivity index (χ3n) is 6.84. The normalized spacial score (nSPS) is 17.4.